The number of hydrogen-bond acceptors (Lipinski definition) is 5. The van der Waals surface area contributed by atoms with E-state index in [4.69, 9.17) is 4.74 Å². The minimum atomic E-state index is -0.662. The zero-order valence-corrected chi connectivity index (χ0v) is 42.3. The minimum absolute atomic E-state index is 0.00160. The number of ether oxygens (including phenoxy) is 1. The number of aliphatic hydroxyl groups is 2. The van der Waals surface area contributed by atoms with Crippen LogP contribution in [0, 0.1) is 0 Å². The van der Waals surface area contributed by atoms with Crippen LogP contribution in [0.2, 0.25) is 0 Å². The standard InChI is InChI=1S/C57H109NO5/c1-3-5-7-9-11-13-14-15-16-25-28-31-35-39-43-47-51-57(62)63-52-48-44-40-36-32-29-26-23-21-19-17-18-20-22-24-27-30-34-38-42-46-50-56(61)58-54(53-59)55(60)49-45-41-37-33-12-10-8-6-4-2/h13-14,16,25,54-55,59-60H,3-12,15,17-24,26-53H2,1-2H3,(H,58,61)/b14-13-,25-16-. The molecule has 0 aliphatic carbocycles. The molecule has 1 amide bonds. The van der Waals surface area contributed by atoms with Crippen LogP contribution in [0.4, 0.5) is 0 Å². The van der Waals surface area contributed by atoms with Crippen LogP contribution in [-0.4, -0.2) is 47.4 Å². The average Bonchev–Trinajstić information content (AvgIpc) is 3.28. The summed E-state index contributed by atoms with van der Waals surface area (Å²) in [6.07, 6.45) is 63.2. The molecule has 0 aromatic heterocycles. The lowest BCUT2D eigenvalue weighted by atomic mass is 10.0. The lowest BCUT2D eigenvalue weighted by Crippen LogP contribution is -2.45. The van der Waals surface area contributed by atoms with E-state index in [1.807, 2.05) is 0 Å². The van der Waals surface area contributed by atoms with Crippen molar-refractivity contribution in [2.24, 2.45) is 0 Å². The molecular formula is C57H109NO5. The van der Waals surface area contributed by atoms with Crippen molar-refractivity contribution in [1.82, 2.24) is 5.32 Å². The monoisotopic (exact) mass is 888 g/mol. The Morgan fingerprint density at radius 1 is 0.444 bits per heavy atom. The molecule has 0 aliphatic rings. The first kappa shape index (κ1) is 61.3. The van der Waals surface area contributed by atoms with Crippen molar-refractivity contribution in [3.05, 3.63) is 24.3 Å². The summed E-state index contributed by atoms with van der Waals surface area (Å²) in [6, 6.07) is -0.540. The van der Waals surface area contributed by atoms with E-state index in [9.17, 15) is 19.8 Å². The van der Waals surface area contributed by atoms with Crippen molar-refractivity contribution in [2.45, 2.75) is 315 Å². The maximum atomic E-state index is 12.4. The van der Waals surface area contributed by atoms with Gasteiger partial charge >= 0.3 is 5.97 Å². The van der Waals surface area contributed by atoms with Gasteiger partial charge in [0.2, 0.25) is 5.91 Å². The first-order chi connectivity index (χ1) is 31.0. The van der Waals surface area contributed by atoms with Gasteiger partial charge in [0, 0.05) is 12.8 Å². The van der Waals surface area contributed by atoms with E-state index >= 15 is 0 Å². The highest BCUT2D eigenvalue weighted by atomic mass is 16.5. The van der Waals surface area contributed by atoms with E-state index in [0.717, 1.165) is 51.4 Å². The Balaban J connectivity index is 3.36. The Kier molecular flexibility index (Phi) is 51.6. The van der Waals surface area contributed by atoms with Crippen molar-refractivity contribution in [3.8, 4) is 0 Å². The number of aliphatic hydroxyl groups excluding tert-OH is 2. The van der Waals surface area contributed by atoms with E-state index in [0.29, 0.717) is 25.9 Å². The average molecular weight is 889 g/mol. The van der Waals surface area contributed by atoms with Gasteiger partial charge in [0.15, 0.2) is 0 Å². The molecule has 0 spiro atoms. The summed E-state index contributed by atoms with van der Waals surface area (Å²) in [7, 11) is 0. The Morgan fingerprint density at radius 3 is 1.22 bits per heavy atom. The molecule has 2 atom stereocenters. The van der Waals surface area contributed by atoms with Crippen molar-refractivity contribution < 1.29 is 24.5 Å². The molecule has 0 rings (SSSR count). The number of esters is 1. The number of carbonyl (C=O) groups excluding carboxylic acids is 2. The maximum absolute atomic E-state index is 12.4. The molecule has 0 aromatic carbocycles. The predicted molar refractivity (Wildman–Crippen MR) is 273 cm³/mol. The minimum Gasteiger partial charge on any atom is -0.466 e. The molecule has 0 bridgehead atoms. The number of amides is 1. The molecule has 372 valence electrons. The Morgan fingerprint density at radius 2 is 0.794 bits per heavy atom. The normalized spacial score (nSPS) is 12.8. The number of hydrogen-bond donors (Lipinski definition) is 3. The van der Waals surface area contributed by atoms with Crippen LogP contribution in [0.1, 0.15) is 303 Å². The molecular weight excluding hydrogens is 779 g/mol. The highest BCUT2D eigenvalue weighted by molar-refractivity contribution is 5.76. The van der Waals surface area contributed by atoms with Gasteiger partial charge in [-0.15, -0.1) is 0 Å². The zero-order chi connectivity index (χ0) is 45.8. The summed E-state index contributed by atoms with van der Waals surface area (Å²) < 4.78 is 5.47. The second-order valence-electron chi connectivity index (χ2n) is 19.3. The molecule has 0 aromatic rings. The SMILES string of the molecule is CCCCCC/C=C\C/C=C\CCCCCCCC(=O)OCCCCCCCCCCCCCCCCCCCCCCCC(=O)NC(CO)C(O)CCCCCCCCCCC. The molecule has 3 N–H and O–H groups in total. The second-order valence-corrected chi connectivity index (χ2v) is 19.3. The predicted octanol–water partition coefficient (Wildman–Crippen LogP) is 17.1. The number of nitrogens with one attached hydrogen (secondary N) is 1. The van der Waals surface area contributed by atoms with E-state index in [1.165, 1.54) is 218 Å². The molecule has 0 aliphatic heterocycles. The lowest BCUT2D eigenvalue weighted by Gasteiger charge is -2.22. The first-order valence-electron chi connectivity index (χ1n) is 28.1. The summed E-state index contributed by atoms with van der Waals surface area (Å²) in [5.74, 6) is -0.0399. The van der Waals surface area contributed by atoms with Crippen molar-refractivity contribution >= 4 is 11.9 Å². The third kappa shape index (κ3) is 49.6. The van der Waals surface area contributed by atoms with Gasteiger partial charge in [0.1, 0.15) is 0 Å². The lowest BCUT2D eigenvalue weighted by molar-refractivity contribution is -0.143. The van der Waals surface area contributed by atoms with Gasteiger partial charge in [0.05, 0.1) is 25.4 Å². The molecule has 0 radical (unpaired) electrons. The highest BCUT2D eigenvalue weighted by Gasteiger charge is 2.20. The Bertz CT molecular complexity index is 982. The van der Waals surface area contributed by atoms with Crippen LogP contribution in [0.25, 0.3) is 0 Å². The van der Waals surface area contributed by atoms with Crippen LogP contribution in [0.15, 0.2) is 24.3 Å². The van der Waals surface area contributed by atoms with Crippen LogP contribution in [0.3, 0.4) is 0 Å². The van der Waals surface area contributed by atoms with Crippen molar-refractivity contribution in [1.29, 1.82) is 0 Å². The third-order valence-corrected chi connectivity index (χ3v) is 13.0. The smallest absolute Gasteiger partial charge is 0.305 e. The van der Waals surface area contributed by atoms with Crippen LogP contribution >= 0.6 is 0 Å². The van der Waals surface area contributed by atoms with Gasteiger partial charge < -0.3 is 20.3 Å². The molecule has 0 saturated heterocycles. The van der Waals surface area contributed by atoms with E-state index in [1.54, 1.807) is 0 Å². The first-order valence-corrected chi connectivity index (χ1v) is 28.1. The van der Waals surface area contributed by atoms with E-state index < -0.39 is 12.1 Å². The number of allylic oxidation sites excluding steroid dienone is 4. The largest absolute Gasteiger partial charge is 0.466 e. The topological polar surface area (TPSA) is 95.9 Å². The van der Waals surface area contributed by atoms with Crippen molar-refractivity contribution in [3.63, 3.8) is 0 Å². The summed E-state index contributed by atoms with van der Waals surface area (Å²) in [5.41, 5.74) is 0. The van der Waals surface area contributed by atoms with Gasteiger partial charge in [-0.2, -0.15) is 0 Å². The second kappa shape index (κ2) is 53.0. The molecule has 0 fully saturated rings. The molecule has 0 saturated carbocycles. The summed E-state index contributed by atoms with van der Waals surface area (Å²) in [4.78, 5) is 24.4. The molecule has 6 heteroatoms. The molecule has 2 unspecified atom stereocenters. The van der Waals surface area contributed by atoms with Crippen LogP contribution in [0.5, 0.6) is 0 Å². The van der Waals surface area contributed by atoms with Gasteiger partial charge in [0.25, 0.3) is 0 Å². The van der Waals surface area contributed by atoms with E-state index in [2.05, 4.69) is 43.5 Å². The fraction of sp³-hybridized carbons (Fsp3) is 0.895. The van der Waals surface area contributed by atoms with Crippen molar-refractivity contribution in [2.75, 3.05) is 13.2 Å². The van der Waals surface area contributed by atoms with E-state index in [-0.39, 0.29) is 18.5 Å². The fourth-order valence-electron chi connectivity index (χ4n) is 8.67. The molecule has 63 heavy (non-hydrogen) atoms. The van der Waals surface area contributed by atoms with Gasteiger partial charge in [-0.3, -0.25) is 9.59 Å². The number of carbonyl (C=O) groups is 2. The summed E-state index contributed by atoms with van der Waals surface area (Å²) in [6.45, 7) is 4.91. The third-order valence-electron chi connectivity index (χ3n) is 13.0. The number of rotatable bonds is 52. The number of unbranched alkanes of at least 4 members (excludes halogenated alkanes) is 37. The highest BCUT2D eigenvalue weighted by Crippen LogP contribution is 2.17. The molecule has 0 heterocycles. The van der Waals surface area contributed by atoms with Gasteiger partial charge in [-0.1, -0.05) is 256 Å². The Labute approximate surface area is 392 Å². The quantitative estimate of drug-likeness (QED) is 0.0321. The maximum Gasteiger partial charge on any atom is 0.305 e. The van der Waals surface area contributed by atoms with Gasteiger partial charge in [-0.05, 0) is 57.8 Å². The molecule has 6 nitrogen and oxygen atoms in total. The zero-order valence-electron chi connectivity index (χ0n) is 42.3. The Hall–Kier alpha value is -1.66. The van der Waals surface area contributed by atoms with Gasteiger partial charge in [-0.25, -0.2) is 0 Å². The fourth-order valence-corrected chi connectivity index (χ4v) is 8.67. The van der Waals surface area contributed by atoms with Crippen LogP contribution in [-0.2, 0) is 14.3 Å². The summed E-state index contributed by atoms with van der Waals surface area (Å²) >= 11 is 0. The summed E-state index contributed by atoms with van der Waals surface area (Å²) in [5, 5.41) is 23.1. The van der Waals surface area contributed by atoms with Crippen LogP contribution < -0.4 is 5.32 Å².